The van der Waals surface area contributed by atoms with Crippen molar-refractivity contribution in [1.82, 2.24) is 5.32 Å². The van der Waals surface area contributed by atoms with Crippen molar-refractivity contribution >= 4 is 0 Å². The minimum Gasteiger partial charge on any atom is -0.396 e. The van der Waals surface area contributed by atoms with Gasteiger partial charge in [0.15, 0.2) is 12.1 Å². The number of rotatable bonds is 22. The van der Waals surface area contributed by atoms with E-state index < -0.39 is 12.1 Å². The van der Waals surface area contributed by atoms with Crippen LogP contribution in [0.2, 0.25) is 0 Å². The highest BCUT2D eigenvalue weighted by Gasteiger charge is 2.56. The summed E-state index contributed by atoms with van der Waals surface area (Å²) in [5.74, 6) is -0.692. The van der Waals surface area contributed by atoms with Crippen molar-refractivity contribution in [3.63, 3.8) is 0 Å². The van der Waals surface area contributed by atoms with Crippen LogP contribution in [0.1, 0.15) is 123 Å². The lowest BCUT2D eigenvalue weighted by Crippen LogP contribution is -2.49. The fraction of sp³-hybridized carbons (Fsp3) is 0.818. The Hall–Kier alpha value is -1.02. The van der Waals surface area contributed by atoms with Gasteiger partial charge >= 0.3 is 0 Å². The molecule has 0 radical (unpaired) electrons. The van der Waals surface area contributed by atoms with Crippen LogP contribution in [0.4, 0.5) is 0 Å². The average molecular weight is 548 g/mol. The van der Waals surface area contributed by atoms with Crippen LogP contribution in [0, 0.1) is 0 Å². The molecule has 0 aliphatic carbocycles. The highest BCUT2D eigenvalue weighted by atomic mass is 16.8. The molecule has 0 saturated carbocycles. The molecule has 0 aromatic heterocycles. The SMILES string of the molecule is CCCCCCCCCCCCCCCCN[C@@H](CCO)[C@H]1O[C@@H]2OC(C)(C)O[C@@H]2[C@H]1OCc1ccccc1. The van der Waals surface area contributed by atoms with Crippen molar-refractivity contribution < 1.29 is 24.1 Å². The number of unbranched alkanes of at least 4 members (excludes halogenated alkanes) is 13. The molecule has 2 aliphatic rings. The van der Waals surface area contributed by atoms with E-state index in [9.17, 15) is 5.11 Å². The van der Waals surface area contributed by atoms with Crippen molar-refractivity contribution in [3.05, 3.63) is 35.9 Å². The summed E-state index contributed by atoms with van der Waals surface area (Å²) in [6.07, 6.45) is 18.4. The van der Waals surface area contributed by atoms with E-state index in [1.54, 1.807) is 0 Å². The Bertz CT molecular complexity index is 745. The lowest BCUT2D eigenvalue weighted by atomic mass is 10.00. The summed E-state index contributed by atoms with van der Waals surface area (Å²) < 4.78 is 25.0. The Morgan fingerprint density at radius 1 is 0.846 bits per heavy atom. The first-order valence-electron chi connectivity index (χ1n) is 16.0. The number of aliphatic hydroxyl groups excluding tert-OH is 1. The number of benzene rings is 1. The molecule has 3 rings (SSSR count). The third-order valence-corrected chi connectivity index (χ3v) is 8.09. The predicted molar refractivity (Wildman–Crippen MR) is 158 cm³/mol. The molecule has 0 amide bonds. The Labute approximate surface area is 238 Å². The van der Waals surface area contributed by atoms with Crippen LogP contribution in [0.25, 0.3) is 0 Å². The summed E-state index contributed by atoms with van der Waals surface area (Å²) in [4.78, 5) is 0. The first-order chi connectivity index (χ1) is 19.0. The second-order valence-corrected chi connectivity index (χ2v) is 12.0. The highest BCUT2D eigenvalue weighted by molar-refractivity contribution is 5.13. The second-order valence-electron chi connectivity index (χ2n) is 12.0. The van der Waals surface area contributed by atoms with Gasteiger partial charge in [-0.15, -0.1) is 0 Å². The monoisotopic (exact) mass is 547 g/mol. The van der Waals surface area contributed by atoms with Crippen LogP contribution < -0.4 is 5.32 Å². The first-order valence-corrected chi connectivity index (χ1v) is 16.0. The fourth-order valence-corrected chi connectivity index (χ4v) is 5.91. The summed E-state index contributed by atoms with van der Waals surface area (Å²) in [5, 5.41) is 13.5. The van der Waals surface area contributed by atoms with Gasteiger partial charge in [-0.05, 0) is 38.8 Å². The molecule has 2 aliphatic heterocycles. The lowest BCUT2D eigenvalue weighted by Gasteiger charge is -2.31. The Morgan fingerprint density at radius 2 is 1.44 bits per heavy atom. The van der Waals surface area contributed by atoms with Crippen LogP contribution >= 0.6 is 0 Å². The maximum Gasteiger partial charge on any atom is 0.190 e. The molecule has 0 spiro atoms. The number of hydrogen-bond acceptors (Lipinski definition) is 6. The van der Waals surface area contributed by atoms with Crippen LogP contribution in [0.5, 0.6) is 0 Å². The zero-order chi connectivity index (χ0) is 27.8. The van der Waals surface area contributed by atoms with E-state index >= 15 is 0 Å². The molecule has 6 heteroatoms. The van der Waals surface area contributed by atoms with Gasteiger partial charge in [-0.3, -0.25) is 0 Å². The van der Waals surface area contributed by atoms with Crippen molar-refractivity contribution in [2.45, 2.75) is 160 Å². The maximum atomic E-state index is 9.80. The first kappa shape index (κ1) is 32.5. The van der Waals surface area contributed by atoms with E-state index in [0.29, 0.717) is 13.0 Å². The van der Waals surface area contributed by atoms with Gasteiger partial charge in [0.25, 0.3) is 0 Å². The normalized spacial score (nSPS) is 24.7. The predicted octanol–water partition coefficient (Wildman–Crippen LogP) is 7.27. The van der Waals surface area contributed by atoms with E-state index in [1.165, 1.54) is 83.5 Å². The molecule has 224 valence electrons. The average Bonchev–Trinajstić information content (AvgIpc) is 3.41. The Balaban J connectivity index is 1.33. The van der Waals surface area contributed by atoms with Crippen LogP contribution in [0.15, 0.2) is 30.3 Å². The molecule has 2 N–H and O–H groups in total. The van der Waals surface area contributed by atoms with Gasteiger partial charge in [-0.25, -0.2) is 0 Å². The molecule has 39 heavy (non-hydrogen) atoms. The van der Waals surface area contributed by atoms with E-state index in [2.05, 4.69) is 24.4 Å². The summed E-state index contributed by atoms with van der Waals surface area (Å²) in [5.41, 5.74) is 1.12. The second kappa shape index (κ2) is 18.4. The van der Waals surface area contributed by atoms with Gasteiger partial charge in [0.05, 0.1) is 6.61 Å². The molecule has 1 aromatic rings. The van der Waals surface area contributed by atoms with Crippen LogP contribution in [-0.2, 0) is 25.6 Å². The quantitative estimate of drug-likeness (QED) is 0.149. The molecule has 0 bridgehead atoms. The highest BCUT2D eigenvalue weighted by Crippen LogP contribution is 2.40. The number of hydrogen-bond donors (Lipinski definition) is 2. The van der Waals surface area contributed by atoms with Gasteiger partial charge in [0.1, 0.15) is 18.3 Å². The van der Waals surface area contributed by atoms with Crippen molar-refractivity contribution in [3.8, 4) is 0 Å². The molecular formula is C33H57NO5. The third kappa shape index (κ3) is 11.8. The van der Waals surface area contributed by atoms with Crippen LogP contribution in [-0.4, -0.2) is 54.7 Å². The van der Waals surface area contributed by atoms with Gasteiger partial charge in [-0.2, -0.15) is 0 Å². The number of aliphatic hydroxyl groups is 1. The van der Waals surface area contributed by atoms with Gasteiger partial charge in [0.2, 0.25) is 0 Å². The number of fused-ring (bicyclic) bond motifs is 1. The summed E-state index contributed by atoms with van der Waals surface area (Å²) in [7, 11) is 0. The molecule has 1 aromatic carbocycles. The van der Waals surface area contributed by atoms with Gasteiger partial charge < -0.3 is 29.4 Å². The van der Waals surface area contributed by atoms with Gasteiger partial charge in [-0.1, -0.05) is 121 Å². The molecule has 2 saturated heterocycles. The number of ether oxygens (including phenoxy) is 4. The van der Waals surface area contributed by atoms with Gasteiger partial charge in [0, 0.05) is 12.6 Å². The fourth-order valence-electron chi connectivity index (χ4n) is 5.91. The molecule has 2 heterocycles. The summed E-state index contributed by atoms with van der Waals surface area (Å²) >= 11 is 0. The van der Waals surface area contributed by atoms with E-state index in [4.69, 9.17) is 18.9 Å². The minimum absolute atomic E-state index is 0.0151. The lowest BCUT2D eigenvalue weighted by molar-refractivity contribution is -0.222. The summed E-state index contributed by atoms with van der Waals surface area (Å²) in [6, 6.07) is 10.2. The van der Waals surface area contributed by atoms with Crippen molar-refractivity contribution in [2.24, 2.45) is 0 Å². The zero-order valence-corrected chi connectivity index (χ0v) is 25.1. The molecule has 0 unspecified atom stereocenters. The molecule has 5 atom stereocenters. The Morgan fingerprint density at radius 3 is 2.03 bits per heavy atom. The van der Waals surface area contributed by atoms with Crippen molar-refractivity contribution in [1.29, 1.82) is 0 Å². The maximum absolute atomic E-state index is 9.80. The third-order valence-electron chi connectivity index (χ3n) is 8.09. The smallest absolute Gasteiger partial charge is 0.190 e. The molecular weight excluding hydrogens is 490 g/mol. The van der Waals surface area contributed by atoms with E-state index in [0.717, 1.165) is 18.5 Å². The Kier molecular flexibility index (Phi) is 15.3. The standard InChI is InChI=1S/C33H57NO5/c1-4-5-6-7-8-9-10-11-12-13-14-15-16-20-24-34-28(23-25-35)29-30(36-26-27-21-18-17-19-22-27)31-32(37-29)39-33(2,3)38-31/h17-19,21-22,28-32,34-35H,4-16,20,23-26H2,1-3H3/t28-,29+,30-,31+,32+/m0/s1. The minimum atomic E-state index is -0.692. The van der Waals surface area contributed by atoms with E-state index in [1.807, 2.05) is 32.0 Å². The largest absolute Gasteiger partial charge is 0.396 e. The van der Waals surface area contributed by atoms with E-state index in [-0.39, 0.29) is 31.0 Å². The number of nitrogens with one attached hydrogen (secondary N) is 1. The molecule has 2 fully saturated rings. The summed E-state index contributed by atoms with van der Waals surface area (Å²) in [6.45, 7) is 7.61. The van der Waals surface area contributed by atoms with Crippen molar-refractivity contribution in [2.75, 3.05) is 13.2 Å². The van der Waals surface area contributed by atoms with Crippen LogP contribution in [0.3, 0.4) is 0 Å². The zero-order valence-electron chi connectivity index (χ0n) is 25.1. The molecule has 6 nitrogen and oxygen atoms in total. The topological polar surface area (TPSA) is 69.2 Å².